The molecule has 0 spiro atoms. The second-order valence-electron chi connectivity index (χ2n) is 12.9. The second-order valence-corrected chi connectivity index (χ2v) is 12.9. The van der Waals surface area contributed by atoms with E-state index < -0.39 is 141 Å². The van der Waals surface area contributed by atoms with Crippen molar-refractivity contribution >= 4 is 5.91 Å². The summed E-state index contributed by atoms with van der Waals surface area (Å²) in [4.78, 5) is 12.7. The lowest BCUT2D eigenvalue weighted by Gasteiger charge is -2.47. The molecule has 4 fully saturated rings. The van der Waals surface area contributed by atoms with Gasteiger partial charge in [-0.05, 0) is 6.42 Å². The maximum absolute atomic E-state index is 12.7. The van der Waals surface area contributed by atoms with E-state index in [1.165, 1.54) is 0 Å². The molecule has 0 aromatic rings. The molecule has 0 radical (unpaired) electrons. The normalized spacial score (nSPS) is 47.5. The van der Waals surface area contributed by atoms with E-state index in [1.54, 1.807) is 0 Å². The third-order valence-electron chi connectivity index (χ3n) is 9.40. The van der Waals surface area contributed by atoms with Crippen LogP contribution < -0.4 is 39.7 Å². The molecule has 3 saturated heterocycles. The Balaban J connectivity index is 1.57. The molecule has 0 aromatic carbocycles. The van der Waals surface area contributed by atoms with Gasteiger partial charge in [0, 0.05) is 32.1 Å². The molecule has 0 aromatic heterocycles. The average Bonchev–Trinajstić information content (AvgIpc) is 3.38. The summed E-state index contributed by atoms with van der Waals surface area (Å²) in [5.41, 5.74) is 35.3. The molecular weight excluding hydrogens is 662 g/mol. The van der Waals surface area contributed by atoms with E-state index in [2.05, 4.69) is 5.32 Å². The second kappa shape index (κ2) is 17.5. The van der Waals surface area contributed by atoms with Gasteiger partial charge < -0.3 is 109 Å². The Bertz CT molecular complexity index is 1060. The van der Waals surface area contributed by atoms with Crippen LogP contribution in [0.3, 0.4) is 0 Å². The Morgan fingerprint density at radius 1 is 0.735 bits per heavy atom. The first-order chi connectivity index (χ1) is 23.2. The Morgan fingerprint density at radius 3 is 1.96 bits per heavy atom. The standard InChI is InChI=1S/C27H53N7O15/c28-3-7-1-10(36)14(32)25(44-7)47-21-8(31)2-9(34-24(43)17(39)11(37)4-29)16(38)23(21)49-27-20(42)22(13(6-35)46-27)48-26-15(33)19(41)18(40)12(5-30)45-26/h7-23,25-27,35-42H,1-6,28-33H2,(H,34,43)/t7-,8-,9+,10+,11+,12-,13+,14+,15+,16-,17?,18+,19+,20+,21+,22+,23+,25+,26+,27-/m0/s1. The molecular formula is C27H53N7O15. The number of hydrogen-bond donors (Lipinski definition) is 15. The summed E-state index contributed by atoms with van der Waals surface area (Å²) in [5.74, 6) is -1.07. The SMILES string of the molecule is NC[C@@H]1C[C@@H](O)[C@@H](N)[C@@H](O[C@H]2[C@H](O[C@@H]3O[C@H](CO)[C@@H](O[C@H]4O[C@@H](CN)[C@@H](O)[C@H](O)[C@H]4N)[C@H]3O)[C@@H](O)[C@H](NC(=O)C(O)[C@H](O)CN)C[C@@H]2N)O1. The third kappa shape index (κ3) is 8.83. The predicted molar refractivity (Wildman–Crippen MR) is 162 cm³/mol. The molecule has 1 unspecified atom stereocenters. The largest absolute Gasteiger partial charge is 0.394 e. The lowest BCUT2D eigenvalue weighted by molar-refractivity contribution is -0.295. The van der Waals surface area contributed by atoms with Crippen LogP contribution in [0.1, 0.15) is 12.8 Å². The summed E-state index contributed by atoms with van der Waals surface area (Å²) >= 11 is 0. The van der Waals surface area contributed by atoms with Gasteiger partial charge in [-0.1, -0.05) is 0 Å². The summed E-state index contributed by atoms with van der Waals surface area (Å²) < 4.78 is 35.1. The van der Waals surface area contributed by atoms with Crippen LogP contribution in [-0.2, 0) is 33.2 Å². The maximum atomic E-state index is 12.7. The van der Waals surface area contributed by atoms with Gasteiger partial charge in [0.15, 0.2) is 25.0 Å². The summed E-state index contributed by atoms with van der Waals surface area (Å²) in [5, 5.41) is 86.4. The van der Waals surface area contributed by atoms with Crippen molar-refractivity contribution in [2.45, 2.75) is 135 Å². The molecule has 22 nitrogen and oxygen atoms in total. The minimum absolute atomic E-state index is 0.0242. The number of ether oxygens (including phenoxy) is 6. The van der Waals surface area contributed by atoms with E-state index >= 15 is 0 Å². The van der Waals surface area contributed by atoms with Crippen LogP contribution in [0.25, 0.3) is 0 Å². The Morgan fingerprint density at radius 2 is 1.35 bits per heavy atom. The van der Waals surface area contributed by atoms with Crippen molar-refractivity contribution in [3.63, 3.8) is 0 Å². The Labute approximate surface area is 281 Å². The molecule has 49 heavy (non-hydrogen) atoms. The first-order valence-electron chi connectivity index (χ1n) is 16.1. The van der Waals surface area contributed by atoms with Crippen molar-refractivity contribution in [3.05, 3.63) is 0 Å². The molecule has 20 atom stereocenters. The molecule has 286 valence electrons. The van der Waals surface area contributed by atoms with Crippen molar-refractivity contribution in [2.24, 2.45) is 34.4 Å². The zero-order chi connectivity index (χ0) is 36.3. The van der Waals surface area contributed by atoms with Crippen LogP contribution in [0, 0.1) is 0 Å². The van der Waals surface area contributed by atoms with Crippen LogP contribution in [0.15, 0.2) is 0 Å². The average molecular weight is 716 g/mol. The first-order valence-corrected chi connectivity index (χ1v) is 16.1. The van der Waals surface area contributed by atoms with Crippen molar-refractivity contribution in [1.82, 2.24) is 5.32 Å². The van der Waals surface area contributed by atoms with Crippen LogP contribution in [-0.4, -0.2) is 195 Å². The van der Waals surface area contributed by atoms with E-state index in [-0.39, 0.29) is 25.9 Å². The predicted octanol–water partition coefficient (Wildman–Crippen LogP) is -10.0. The summed E-state index contributed by atoms with van der Waals surface area (Å²) in [6.45, 7) is -1.33. The minimum Gasteiger partial charge on any atom is -0.394 e. The highest BCUT2D eigenvalue weighted by atomic mass is 16.8. The zero-order valence-electron chi connectivity index (χ0n) is 26.7. The molecule has 3 heterocycles. The molecule has 3 aliphatic heterocycles. The number of aliphatic hydroxyl groups excluding tert-OH is 8. The highest BCUT2D eigenvalue weighted by Crippen LogP contribution is 2.34. The van der Waals surface area contributed by atoms with E-state index in [1.807, 2.05) is 0 Å². The smallest absolute Gasteiger partial charge is 0.251 e. The molecule has 0 bridgehead atoms. The zero-order valence-corrected chi connectivity index (χ0v) is 26.7. The summed E-state index contributed by atoms with van der Waals surface area (Å²) in [6.07, 6.45) is -22.6. The number of carbonyl (C=O) groups is 1. The van der Waals surface area contributed by atoms with Gasteiger partial charge in [-0.2, -0.15) is 0 Å². The van der Waals surface area contributed by atoms with Crippen molar-refractivity contribution < 1.29 is 74.1 Å². The van der Waals surface area contributed by atoms with E-state index in [0.29, 0.717) is 0 Å². The van der Waals surface area contributed by atoms with E-state index in [9.17, 15) is 45.6 Å². The molecule has 4 rings (SSSR count). The van der Waals surface area contributed by atoms with Crippen molar-refractivity contribution in [2.75, 3.05) is 26.2 Å². The number of nitrogens with two attached hydrogens (primary N) is 6. The summed E-state index contributed by atoms with van der Waals surface area (Å²) in [6, 6.07) is -4.65. The highest BCUT2D eigenvalue weighted by Gasteiger charge is 2.54. The lowest BCUT2D eigenvalue weighted by atomic mass is 9.83. The molecule has 4 aliphatic rings. The topological polar surface area (TPSA) is 402 Å². The lowest BCUT2D eigenvalue weighted by Crippen LogP contribution is -2.68. The van der Waals surface area contributed by atoms with Gasteiger partial charge in [0.05, 0.1) is 36.9 Å². The molecule has 1 amide bonds. The van der Waals surface area contributed by atoms with Gasteiger partial charge in [0.25, 0.3) is 5.91 Å². The van der Waals surface area contributed by atoms with Gasteiger partial charge in [-0.15, -0.1) is 0 Å². The van der Waals surface area contributed by atoms with Crippen molar-refractivity contribution in [1.29, 1.82) is 0 Å². The number of amides is 1. The Hall–Kier alpha value is -1.33. The monoisotopic (exact) mass is 715 g/mol. The van der Waals surface area contributed by atoms with Gasteiger partial charge in [0.1, 0.15) is 61.0 Å². The van der Waals surface area contributed by atoms with E-state index in [4.69, 9.17) is 62.8 Å². The number of carbonyl (C=O) groups excluding carboxylic acids is 1. The first kappa shape index (κ1) is 40.4. The molecule has 22 heteroatoms. The Kier molecular flexibility index (Phi) is 14.4. The molecule has 1 aliphatic carbocycles. The van der Waals surface area contributed by atoms with Crippen LogP contribution in [0.4, 0.5) is 0 Å². The number of rotatable bonds is 13. The third-order valence-corrected chi connectivity index (χ3v) is 9.40. The fourth-order valence-corrected chi connectivity index (χ4v) is 6.37. The summed E-state index contributed by atoms with van der Waals surface area (Å²) in [7, 11) is 0. The van der Waals surface area contributed by atoms with Crippen molar-refractivity contribution in [3.8, 4) is 0 Å². The van der Waals surface area contributed by atoms with Crippen LogP contribution in [0.2, 0.25) is 0 Å². The van der Waals surface area contributed by atoms with Gasteiger partial charge in [-0.3, -0.25) is 4.79 Å². The maximum Gasteiger partial charge on any atom is 0.251 e. The fourth-order valence-electron chi connectivity index (χ4n) is 6.37. The fraction of sp³-hybridized carbons (Fsp3) is 0.963. The number of hydrogen-bond acceptors (Lipinski definition) is 21. The molecule has 1 saturated carbocycles. The minimum atomic E-state index is -1.94. The number of aliphatic hydroxyl groups is 8. The highest BCUT2D eigenvalue weighted by molar-refractivity contribution is 5.81. The molecule has 21 N–H and O–H groups in total. The van der Waals surface area contributed by atoms with Gasteiger partial charge in [0.2, 0.25) is 0 Å². The van der Waals surface area contributed by atoms with Crippen LogP contribution in [0.5, 0.6) is 0 Å². The quantitative estimate of drug-likeness (QED) is 0.0841. The van der Waals surface area contributed by atoms with Gasteiger partial charge in [-0.25, -0.2) is 0 Å². The van der Waals surface area contributed by atoms with Gasteiger partial charge >= 0.3 is 0 Å². The van der Waals surface area contributed by atoms with Crippen LogP contribution >= 0.6 is 0 Å². The number of nitrogens with one attached hydrogen (secondary N) is 1. The van der Waals surface area contributed by atoms with E-state index in [0.717, 1.165) is 0 Å².